The van der Waals surface area contributed by atoms with Crippen molar-refractivity contribution in [1.82, 2.24) is 15.5 Å². The van der Waals surface area contributed by atoms with Crippen LogP contribution in [0.15, 0.2) is 36.4 Å². The monoisotopic (exact) mass is 304 g/mol. The van der Waals surface area contributed by atoms with E-state index in [1.54, 1.807) is 18.2 Å². The molecule has 21 heavy (non-hydrogen) atoms. The van der Waals surface area contributed by atoms with Crippen molar-refractivity contribution < 1.29 is 4.79 Å². The molecule has 1 aromatic carbocycles. The number of anilines is 1. The predicted octanol–water partition coefficient (Wildman–Crippen LogP) is 3.05. The molecule has 0 aliphatic heterocycles. The summed E-state index contributed by atoms with van der Waals surface area (Å²) in [6, 6.07) is 10.6. The largest absolute Gasteiger partial charge is 0.369 e. The van der Waals surface area contributed by atoms with E-state index in [1.165, 1.54) is 0 Å². The van der Waals surface area contributed by atoms with Gasteiger partial charge in [0.05, 0.1) is 6.04 Å². The van der Waals surface area contributed by atoms with Gasteiger partial charge in [-0.15, -0.1) is 10.2 Å². The molecular weight excluding hydrogens is 288 g/mol. The van der Waals surface area contributed by atoms with Gasteiger partial charge < -0.3 is 10.6 Å². The minimum Gasteiger partial charge on any atom is -0.369 e. The summed E-state index contributed by atoms with van der Waals surface area (Å²) >= 11 is 6.12. The van der Waals surface area contributed by atoms with Gasteiger partial charge in [0.2, 0.25) is 0 Å². The lowest BCUT2D eigenvalue weighted by Crippen LogP contribution is -2.27. The van der Waals surface area contributed by atoms with Gasteiger partial charge in [-0.05, 0) is 37.6 Å². The summed E-state index contributed by atoms with van der Waals surface area (Å²) in [5.74, 6) is 0.367. The van der Waals surface area contributed by atoms with E-state index in [0.29, 0.717) is 10.8 Å². The fraction of sp³-hybridized carbons (Fsp3) is 0.267. The van der Waals surface area contributed by atoms with Crippen molar-refractivity contribution in [2.24, 2.45) is 0 Å². The Morgan fingerprint density at radius 1 is 1.24 bits per heavy atom. The van der Waals surface area contributed by atoms with Gasteiger partial charge in [0, 0.05) is 11.6 Å². The Hall–Kier alpha value is -2.14. The molecule has 0 spiro atoms. The molecule has 0 aliphatic carbocycles. The van der Waals surface area contributed by atoms with Crippen molar-refractivity contribution in [3.63, 3.8) is 0 Å². The van der Waals surface area contributed by atoms with E-state index in [9.17, 15) is 4.79 Å². The normalized spacial score (nSPS) is 11.8. The van der Waals surface area contributed by atoms with Crippen LogP contribution in [0.1, 0.15) is 35.9 Å². The van der Waals surface area contributed by atoms with Gasteiger partial charge in [-0.2, -0.15) is 0 Å². The van der Waals surface area contributed by atoms with Gasteiger partial charge >= 0.3 is 0 Å². The molecule has 0 saturated carbocycles. The van der Waals surface area contributed by atoms with Gasteiger partial charge in [-0.25, -0.2) is 0 Å². The van der Waals surface area contributed by atoms with Gasteiger partial charge in [0.15, 0.2) is 5.69 Å². The number of benzene rings is 1. The Bertz CT molecular complexity index is 615. The first kappa shape index (κ1) is 15.3. The zero-order valence-corrected chi connectivity index (χ0v) is 12.7. The first-order valence-corrected chi connectivity index (χ1v) is 7.12. The third-order valence-electron chi connectivity index (χ3n) is 2.97. The van der Waals surface area contributed by atoms with E-state index < -0.39 is 0 Å². The van der Waals surface area contributed by atoms with Gasteiger partial charge in [-0.1, -0.05) is 29.8 Å². The number of hydrogen-bond acceptors (Lipinski definition) is 4. The first-order chi connectivity index (χ1) is 10.1. The number of amides is 1. The van der Waals surface area contributed by atoms with Crippen LogP contribution in [0.25, 0.3) is 0 Å². The molecule has 0 bridgehead atoms. The molecule has 0 aliphatic rings. The highest BCUT2D eigenvalue weighted by Gasteiger charge is 2.14. The number of halogens is 1. The Morgan fingerprint density at radius 3 is 2.62 bits per heavy atom. The van der Waals surface area contributed by atoms with Crippen molar-refractivity contribution in [3.8, 4) is 0 Å². The lowest BCUT2D eigenvalue weighted by molar-refractivity contribution is 0.0934. The number of rotatable bonds is 5. The number of nitrogens with zero attached hydrogens (tertiary/aromatic N) is 2. The molecule has 1 atom stereocenters. The summed E-state index contributed by atoms with van der Waals surface area (Å²) < 4.78 is 0. The highest BCUT2D eigenvalue weighted by atomic mass is 35.5. The topological polar surface area (TPSA) is 66.9 Å². The van der Waals surface area contributed by atoms with E-state index in [2.05, 4.69) is 20.8 Å². The van der Waals surface area contributed by atoms with E-state index in [4.69, 9.17) is 11.6 Å². The van der Waals surface area contributed by atoms with E-state index in [0.717, 1.165) is 12.1 Å². The summed E-state index contributed by atoms with van der Waals surface area (Å²) in [5, 5.41) is 14.4. The molecule has 110 valence electrons. The van der Waals surface area contributed by atoms with Crippen LogP contribution in [0.2, 0.25) is 5.02 Å². The van der Waals surface area contributed by atoms with E-state index >= 15 is 0 Å². The second-order valence-corrected chi connectivity index (χ2v) is 4.96. The maximum Gasteiger partial charge on any atom is 0.272 e. The summed E-state index contributed by atoms with van der Waals surface area (Å²) in [4.78, 5) is 12.1. The third-order valence-corrected chi connectivity index (χ3v) is 3.32. The minimum atomic E-state index is -0.280. The van der Waals surface area contributed by atoms with Crippen LogP contribution in [0.4, 0.5) is 5.82 Å². The summed E-state index contributed by atoms with van der Waals surface area (Å²) in [6.07, 6.45) is 0. The average molecular weight is 305 g/mol. The number of carbonyl (C=O) groups is 1. The standard InChI is InChI=1S/C15H17ClN4O/c1-3-17-14-9-8-13(19-20-14)15(21)18-10(2)11-6-4-5-7-12(11)16/h4-10H,3H2,1-2H3,(H,17,20)(H,18,21). The molecule has 6 heteroatoms. The van der Waals surface area contributed by atoms with Gasteiger partial charge in [0.25, 0.3) is 5.91 Å². The van der Waals surface area contributed by atoms with Crippen LogP contribution in [-0.4, -0.2) is 22.6 Å². The number of carbonyl (C=O) groups excluding carboxylic acids is 1. The van der Waals surface area contributed by atoms with Crippen LogP contribution in [0.5, 0.6) is 0 Å². The fourth-order valence-electron chi connectivity index (χ4n) is 1.90. The maximum atomic E-state index is 12.1. The molecule has 1 heterocycles. The second kappa shape index (κ2) is 7.04. The Morgan fingerprint density at radius 2 is 2.00 bits per heavy atom. The molecule has 2 rings (SSSR count). The minimum absolute atomic E-state index is 0.207. The van der Waals surface area contributed by atoms with Crippen molar-refractivity contribution in [3.05, 3.63) is 52.7 Å². The molecule has 0 radical (unpaired) electrons. The highest BCUT2D eigenvalue weighted by Crippen LogP contribution is 2.22. The molecule has 1 amide bonds. The zero-order valence-electron chi connectivity index (χ0n) is 11.9. The third kappa shape index (κ3) is 3.92. The summed E-state index contributed by atoms with van der Waals surface area (Å²) in [6.45, 7) is 4.59. The number of hydrogen-bond donors (Lipinski definition) is 2. The number of nitrogens with one attached hydrogen (secondary N) is 2. The Kier molecular flexibility index (Phi) is 5.11. The smallest absolute Gasteiger partial charge is 0.272 e. The van der Waals surface area contributed by atoms with Crippen molar-refractivity contribution in [2.75, 3.05) is 11.9 Å². The number of aromatic nitrogens is 2. The second-order valence-electron chi connectivity index (χ2n) is 4.55. The van der Waals surface area contributed by atoms with E-state index in [1.807, 2.05) is 32.0 Å². The molecule has 2 aromatic rings. The maximum absolute atomic E-state index is 12.1. The highest BCUT2D eigenvalue weighted by molar-refractivity contribution is 6.31. The zero-order chi connectivity index (χ0) is 15.2. The first-order valence-electron chi connectivity index (χ1n) is 6.74. The van der Waals surface area contributed by atoms with Gasteiger partial charge in [-0.3, -0.25) is 4.79 Å². The molecule has 2 N–H and O–H groups in total. The van der Waals surface area contributed by atoms with Crippen LogP contribution >= 0.6 is 11.6 Å². The molecule has 1 unspecified atom stereocenters. The Labute approximate surface area is 128 Å². The lowest BCUT2D eigenvalue weighted by atomic mass is 10.1. The van der Waals surface area contributed by atoms with Crippen molar-refractivity contribution in [2.45, 2.75) is 19.9 Å². The van der Waals surface area contributed by atoms with E-state index in [-0.39, 0.29) is 17.6 Å². The van der Waals surface area contributed by atoms with Crippen molar-refractivity contribution in [1.29, 1.82) is 0 Å². The summed E-state index contributed by atoms with van der Waals surface area (Å²) in [7, 11) is 0. The van der Waals surface area contributed by atoms with Crippen LogP contribution < -0.4 is 10.6 Å². The predicted molar refractivity (Wildman–Crippen MR) is 83.5 cm³/mol. The molecular formula is C15H17ClN4O. The lowest BCUT2D eigenvalue weighted by Gasteiger charge is -2.15. The van der Waals surface area contributed by atoms with Crippen LogP contribution in [0.3, 0.4) is 0 Å². The fourth-order valence-corrected chi connectivity index (χ4v) is 2.20. The molecule has 5 nitrogen and oxygen atoms in total. The van der Waals surface area contributed by atoms with Gasteiger partial charge in [0.1, 0.15) is 5.82 Å². The van der Waals surface area contributed by atoms with Crippen molar-refractivity contribution >= 4 is 23.3 Å². The van der Waals surface area contributed by atoms with Crippen LogP contribution in [-0.2, 0) is 0 Å². The summed E-state index contributed by atoms with van der Waals surface area (Å²) in [5.41, 5.74) is 1.14. The quantitative estimate of drug-likeness (QED) is 0.891. The molecule has 1 aromatic heterocycles. The van der Waals surface area contributed by atoms with Crippen LogP contribution in [0, 0.1) is 0 Å². The average Bonchev–Trinajstić information content (AvgIpc) is 2.48. The Balaban J connectivity index is 2.05. The molecule has 0 fully saturated rings. The molecule has 0 saturated heterocycles. The SMILES string of the molecule is CCNc1ccc(C(=O)NC(C)c2ccccc2Cl)nn1.